The number of carboxylic acids is 1. The summed E-state index contributed by atoms with van der Waals surface area (Å²) in [7, 11) is 1.61. The van der Waals surface area contributed by atoms with E-state index in [0.29, 0.717) is 10.2 Å². The fourth-order valence-electron chi connectivity index (χ4n) is 2.89. The van der Waals surface area contributed by atoms with E-state index in [1.54, 1.807) is 7.11 Å². The molecule has 0 amide bonds. The quantitative estimate of drug-likeness (QED) is 0.773. The molecule has 2 aromatic heterocycles. The Balaban J connectivity index is 2.30. The Morgan fingerprint density at radius 1 is 1.36 bits per heavy atom. The van der Waals surface area contributed by atoms with E-state index in [9.17, 15) is 14.7 Å². The molecule has 0 aliphatic rings. The Hall–Kier alpha value is -2.67. The number of aliphatic carboxylic acids is 1. The van der Waals surface area contributed by atoms with Crippen LogP contribution in [0.15, 0.2) is 29.3 Å². The molecule has 7 heteroatoms. The SMILES string of the molecule is COc1ccc(-c2c(C)sc3ncn(C(C)C(=O)O)c(=O)c23)cc1C. The summed E-state index contributed by atoms with van der Waals surface area (Å²) in [5.41, 5.74) is 2.31. The van der Waals surface area contributed by atoms with Crippen molar-refractivity contribution >= 4 is 27.5 Å². The van der Waals surface area contributed by atoms with Crippen molar-refractivity contribution in [2.24, 2.45) is 0 Å². The van der Waals surface area contributed by atoms with Crippen LogP contribution in [0.4, 0.5) is 0 Å². The summed E-state index contributed by atoms with van der Waals surface area (Å²) in [6.07, 6.45) is 1.31. The topological polar surface area (TPSA) is 81.4 Å². The highest BCUT2D eigenvalue weighted by Crippen LogP contribution is 2.37. The van der Waals surface area contributed by atoms with Crippen molar-refractivity contribution in [2.45, 2.75) is 26.8 Å². The monoisotopic (exact) mass is 358 g/mol. The molecular formula is C18H18N2O4S. The summed E-state index contributed by atoms with van der Waals surface area (Å²) in [6.45, 7) is 5.34. The van der Waals surface area contributed by atoms with Crippen molar-refractivity contribution in [1.29, 1.82) is 0 Å². The molecule has 0 radical (unpaired) electrons. The fourth-order valence-corrected chi connectivity index (χ4v) is 3.90. The molecule has 0 aliphatic heterocycles. The van der Waals surface area contributed by atoms with E-state index < -0.39 is 12.0 Å². The van der Waals surface area contributed by atoms with Crippen LogP contribution in [0.25, 0.3) is 21.3 Å². The lowest BCUT2D eigenvalue weighted by molar-refractivity contribution is -0.140. The van der Waals surface area contributed by atoms with E-state index in [4.69, 9.17) is 4.74 Å². The second-order valence-electron chi connectivity index (χ2n) is 5.87. The van der Waals surface area contributed by atoms with Gasteiger partial charge in [-0.3, -0.25) is 9.36 Å². The highest BCUT2D eigenvalue weighted by atomic mass is 32.1. The number of carbonyl (C=O) groups is 1. The molecule has 2 heterocycles. The number of hydrogen-bond acceptors (Lipinski definition) is 5. The van der Waals surface area contributed by atoms with Crippen molar-refractivity contribution in [2.75, 3.05) is 7.11 Å². The number of fused-ring (bicyclic) bond motifs is 1. The van der Waals surface area contributed by atoms with E-state index in [1.807, 2.05) is 32.0 Å². The molecule has 3 rings (SSSR count). The van der Waals surface area contributed by atoms with Gasteiger partial charge < -0.3 is 9.84 Å². The van der Waals surface area contributed by atoms with Crippen molar-refractivity contribution in [3.63, 3.8) is 0 Å². The van der Waals surface area contributed by atoms with E-state index in [2.05, 4.69) is 4.98 Å². The molecule has 0 aliphatic carbocycles. The highest BCUT2D eigenvalue weighted by Gasteiger charge is 2.21. The van der Waals surface area contributed by atoms with Gasteiger partial charge in [0.25, 0.3) is 5.56 Å². The van der Waals surface area contributed by atoms with Crippen molar-refractivity contribution in [1.82, 2.24) is 9.55 Å². The van der Waals surface area contributed by atoms with Gasteiger partial charge in [0.1, 0.15) is 16.6 Å². The normalized spacial score (nSPS) is 12.3. The molecule has 0 saturated heterocycles. The third kappa shape index (κ3) is 2.80. The van der Waals surface area contributed by atoms with Crippen LogP contribution in [0, 0.1) is 13.8 Å². The molecule has 1 atom stereocenters. The molecular weight excluding hydrogens is 340 g/mol. The van der Waals surface area contributed by atoms with E-state index >= 15 is 0 Å². The summed E-state index contributed by atoms with van der Waals surface area (Å²) in [5, 5.41) is 9.68. The van der Waals surface area contributed by atoms with E-state index in [1.165, 1.54) is 24.6 Å². The Kier molecular flexibility index (Phi) is 4.34. The van der Waals surface area contributed by atoms with Gasteiger partial charge in [-0.05, 0) is 44.0 Å². The molecule has 6 nitrogen and oxygen atoms in total. The summed E-state index contributed by atoms with van der Waals surface area (Å²) >= 11 is 1.43. The van der Waals surface area contributed by atoms with Gasteiger partial charge in [-0.25, -0.2) is 9.78 Å². The first kappa shape index (κ1) is 17.2. The second kappa shape index (κ2) is 6.33. The maximum atomic E-state index is 12.9. The maximum absolute atomic E-state index is 12.9. The van der Waals surface area contributed by atoms with Crippen LogP contribution in [0.1, 0.15) is 23.4 Å². The number of aromatic nitrogens is 2. The zero-order valence-corrected chi connectivity index (χ0v) is 15.2. The molecule has 1 aromatic carbocycles. The Labute approximate surface area is 148 Å². The molecule has 130 valence electrons. The third-order valence-corrected chi connectivity index (χ3v) is 5.28. The number of methoxy groups -OCH3 is 1. The summed E-state index contributed by atoms with van der Waals surface area (Å²) in [5.74, 6) is -0.298. The van der Waals surface area contributed by atoms with Crippen molar-refractivity contribution in [3.05, 3.63) is 45.3 Å². The van der Waals surface area contributed by atoms with E-state index in [0.717, 1.165) is 31.9 Å². The zero-order chi connectivity index (χ0) is 18.3. The van der Waals surface area contributed by atoms with Crippen LogP contribution in [-0.2, 0) is 4.79 Å². The number of thiophene rings is 1. The molecule has 0 saturated carbocycles. The van der Waals surface area contributed by atoms with Crippen LogP contribution >= 0.6 is 11.3 Å². The number of carboxylic acid groups (broad SMARTS) is 1. The fraction of sp³-hybridized carbons (Fsp3) is 0.278. The van der Waals surface area contributed by atoms with Gasteiger partial charge in [0, 0.05) is 10.4 Å². The number of hydrogen-bond donors (Lipinski definition) is 1. The smallest absolute Gasteiger partial charge is 0.326 e. The van der Waals surface area contributed by atoms with E-state index in [-0.39, 0.29) is 5.56 Å². The van der Waals surface area contributed by atoms with Crippen LogP contribution < -0.4 is 10.3 Å². The van der Waals surface area contributed by atoms with Crippen molar-refractivity contribution in [3.8, 4) is 16.9 Å². The predicted molar refractivity (Wildman–Crippen MR) is 97.7 cm³/mol. The molecule has 1 unspecified atom stereocenters. The number of aryl methyl sites for hydroxylation is 2. The minimum atomic E-state index is -1.07. The molecule has 0 spiro atoms. The van der Waals surface area contributed by atoms with Gasteiger partial charge in [-0.15, -0.1) is 11.3 Å². The lowest BCUT2D eigenvalue weighted by atomic mass is 10.0. The summed E-state index contributed by atoms with van der Waals surface area (Å²) < 4.78 is 6.46. The van der Waals surface area contributed by atoms with Crippen LogP contribution in [0.3, 0.4) is 0 Å². The lowest BCUT2D eigenvalue weighted by Crippen LogP contribution is -2.28. The first-order valence-corrected chi connectivity index (χ1v) is 8.54. The summed E-state index contributed by atoms with van der Waals surface area (Å²) in [4.78, 5) is 30.1. The number of ether oxygens (including phenoxy) is 1. The molecule has 3 aromatic rings. The number of nitrogens with zero attached hydrogens (tertiary/aromatic N) is 2. The first-order chi connectivity index (χ1) is 11.8. The Morgan fingerprint density at radius 2 is 2.08 bits per heavy atom. The standard InChI is InChI=1S/C18H18N2O4S/c1-9-7-12(5-6-13(9)24-4)14-11(3)25-16-15(14)17(21)20(8-19-16)10(2)18(22)23/h5-8,10H,1-4H3,(H,22,23). The van der Waals surface area contributed by atoms with Gasteiger partial charge >= 0.3 is 5.97 Å². The molecule has 25 heavy (non-hydrogen) atoms. The lowest BCUT2D eigenvalue weighted by Gasteiger charge is -2.11. The van der Waals surface area contributed by atoms with Gasteiger partial charge in [0.05, 0.1) is 18.8 Å². The maximum Gasteiger partial charge on any atom is 0.326 e. The third-order valence-electron chi connectivity index (χ3n) is 4.27. The first-order valence-electron chi connectivity index (χ1n) is 7.73. The van der Waals surface area contributed by atoms with Crippen LogP contribution in [0.2, 0.25) is 0 Å². The minimum Gasteiger partial charge on any atom is -0.496 e. The zero-order valence-electron chi connectivity index (χ0n) is 14.4. The van der Waals surface area contributed by atoms with Gasteiger partial charge in [0.2, 0.25) is 0 Å². The Morgan fingerprint density at radius 3 is 2.68 bits per heavy atom. The van der Waals surface area contributed by atoms with Crippen molar-refractivity contribution < 1.29 is 14.6 Å². The number of benzene rings is 1. The largest absolute Gasteiger partial charge is 0.496 e. The van der Waals surface area contributed by atoms with Gasteiger partial charge in [-0.1, -0.05) is 6.07 Å². The average molecular weight is 358 g/mol. The van der Waals surface area contributed by atoms with Gasteiger partial charge in [-0.2, -0.15) is 0 Å². The number of rotatable bonds is 4. The minimum absolute atomic E-state index is 0.340. The molecule has 0 fully saturated rings. The van der Waals surface area contributed by atoms with Crippen LogP contribution in [0.5, 0.6) is 5.75 Å². The highest BCUT2D eigenvalue weighted by molar-refractivity contribution is 7.19. The predicted octanol–water partition coefficient (Wildman–Crippen LogP) is 3.40. The molecule has 0 bridgehead atoms. The second-order valence-corrected chi connectivity index (χ2v) is 7.07. The van der Waals surface area contributed by atoms with Crippen LogP contribution in [-0.4, -0.2) is 27.7 Å². The average Bonchev–Trinajstić information content (AvgIpc) is 2.91. The van der Waals surface area contributed by atoms with Gasteiger partial charge in [0.15, 0.2) is 0 Å². The molecule has 1 N–H and O–H groups in total. The summed E-state index contributed by atoms with van der Waals surface area (Å²) in [6, 6.07) is 4.75. The Bertz CT molecular complexity index is 1040.